The number of aliphatic hydroxyl groups excluding tert-OH is 1. The molecule has 0 amide bonds. The summed E-state index contributed by atoms with van der Waals surface area (Å²) in [6, 6.07) is 9.44. The second kappa shape index (κ2) is 7.17. The van der Waals surface area contributed by atoms with Gasteiger partial charge in [-0.2, -0.15) is 0 Å². The van der Waals surface area contributed by atoms with Crippen molar-refractivity contribution in [3.8, 4) is 0 Å². The minimum Gasteiger partial charge on any atom is -0.396 e. The predicted molar refractivity (Wildman–Crippen MR) is 78.0 cm³/mol. The maximum atomic E-state index is 9.14. The molecule has 0 spiro atoms. The number of aliphatic hydroxyl groups is 1. The fourth-order valence-corrected chi connectivity index (χ4v) is 3.12. The van der Waals surface area contributed by atoms with E-state index in [-0.39, 0.29) is 0 Å². The quantitative estimate of drug-likeness (QED) is 0.827. The predicted octanol–water partition coefficient (Wildman–Crippen LogP) is 3.15. The molecule has 1 aliphatic rings. The first-order valence-corrected chi connectivity index (χ1v) is 8.04. The van der Waals surface area contributed by atoms with Gasteiger partial charge in [-0.1, -0.05) is 18.6 Å². The molecule has 0 aliphatic carbocycles. The molecular weight excluding hydrogens is 242 g/mol. The number of benzene rings is 1. The van der Waals surface area contributed by atoms with Gasteiger partial charge in [-0.3, -0.25) is 4.90 Å². The highest BCUT2D eigenvalue weighted by Gasteiger charge is 2.21. The van der Waals surface area contributed by atoms with Crippen molar-refractivity contribution in [1.82, 2.24) is 4.90 Å². The van der Waals surface area contributed by atoms with Gasteiger partial charge in [0.05, 0.1) is 0 Å². The molecule has 1 heterocycles. The normalized spacial score (nSPS) is 21.1. The van der Waals surface area contributed by atoms with Crippen molar-refractivity contribution in [3.05, 3.63) is 29.8 Å². The lowest BCUT2D eigenvalue weighted by molar-refractivity contribution is 0.112. The molecule has 1 aromatic carbocycles. The third-order valence-electron chi connectivity index (χ3n) is 3.76. The topological polar surface area (TPSA) is 23.5 Å². The summed E-state index contributed by atoms with van der Waals surface area (Å²) in [7, 11) is 0. The molecule has 1 N–H and O–H groups in total. The van der Waals surface area contributed by atoms with Crippen molar-refractivity contribution in [2.24, 2.45) is 0 Å². The van der Waals surface area contributed by atoms with Gasteiger partial charge in [-0.05, 0) is 49.8 Å². The van der Waals surface area contributed by atoms with Crippen LogP contribution in [0.2, 0.25) is 0 Å². The Morgan fingerprint density at radius 3 is 2.72 bits per heavy atom. The fourth-order valence-electron chi connectivity index (χ4n) is 2.71. The van der Waals surface area contributed by atoms with Crippen molar-refractivity contribution in [3.63, 3.8) is 0 Å². The van der Waals surface area contributed by atoms with Crippen molar-refractivity contribution in [2.75, 3.05) is 19.4 Å². The van der Waals surface area contributed by atoms with Crippen LogP contribution in [-0.4, -0.2) is 35.5 Å². The Kier molecular flexibility index (Phi) is 5.54. The number of likely N-dealkylation sites (tertiary alicyclic amines) is 1. The van der Waals surface area contributed by atoms with Crippen LogP contribution >= 0.6 is 11.8 Å². The molecule has 2 nitrogen and oxygen atoms in total. The Bertz CT molecular complexity index is 350. The van der Waals surface area contributed by atoms with Crippen molar-refractivity contribution in [1.29, 1.82) is 0 Å². The van der Waals surface area contributed by atoms with E-state index in [0.29, 0.717) is 12.6 Å². The zero-order chi connectivity index (χ0) is 12.8. The highest BCUT2D eigenvalue weighted by atomic mass is 32.2. The van der Waals surface area contributed by atoms with E-state index in [1.807, 2.05) is 0 Å². The standard InChI is InChI=1S/C15H23NOS/c1-18-15-7-5-13(6-8-15)12-16-10-3-2-4-14(16)9-11-17/h5-8,14,17H,2-4,9-12H2,1H3. The van der Waals surface area contributed by atoms with E-state index >= 15 is 0 Å². The van der Waals surface area contributed by atoms with Crippen LogP contribution in [0.5, 0.6) is 0 Å². The number of thioether (sulfide) groups is 1. The van der Waals surface area contributed by atoms with Crippen LogP contribution in [0.4, 0.5) is 0 Å². The summed E-state index contributed by atoms with van der Waals surface area (Å²) in [4.78, 5) is 3.86. The molecule has 0 aromatic heterocycles. The van der Waals surface area contributed by atoms with Gasteiger partial charge in [0.2, 0.25) is 0 Å². The average Bonchev–Trinajstić information content (AvgIpc) is 2.42. The van der Waals surface area contributed by atoms with Crippen molar-refractivity contribution < 1.29 is 5.11 Å². The molecule has 0 saturated carbocycles. The molecule has 3 heteroatoms. The lowest BCUT2D eigenvalue weighted by Gasteiger charge is -2.35. The second-order valence-electron chi connectivity index (χ2n) is 4.98. The minimum atomic E-state index is 0.312. The number of piperidine rings is 1. The van der Waals surface area contributed by atoms with E-state index in [9.17, 15) is 0 Å². The van der Waals surface area contributed by atoms with Crippen LogP contribution in [0, 0.1) is 0 Å². The van der Waals surface area contributed by atoms with Gasteiger partial charge in [0.1, 0.15) is 0 Å². The minimum absolute atomic E-state index is 0.312. The van der Waals surface area contributed by atoms with Gasteiger partial charge >= 0.3 is 0 Å². The molecule has 0 radical (unpaired) electrons. The lowest BCUT2D eigenvalue weighted by Crippen LogP contribution is -2.39. The van der Waals surface area contributed by atoms with Crippen LogP contribution in [0.1, 0.15) is 31.2 Å². The maximum Gasteiger partial charge on any atom is 0.0445 e. The van der Waals surface area contributed by atoms with Gasteiger partial charge in [0, 0.05) is 24.1 Å². The van der Waals surface area contributed by atoms with Gasteiger partial charge < -0.3 is 5.11 Å². The Morgan fingerprint density at radius 2 is 2.06 bits per heavy atom. The monoisotopic (exact) mass is 265 g/mol. The first-order valence-electron chi connectivity index (χ1n) is 6.81. The Morgan fingerprint density at radius 1 is 1.28 bits per heavy atom. The zero-order valence-corrected chi connectivity index (χ0v) is 12.0. The first kappa shape index (κ1) is 13.9. The summed E-state index contributed by atoms with van der Waals surface area (Å²) in [5.41, 5.74) is 1.39. The molecule has 100 valence electrons. The smallest absolute Gasteiger partial charge is 0.0445 e. The summed E-state index contributed by atoms with van der Waals surface area (Å²) in [6.07, 6.45) is 6.88. The van der Waals surface area contributed by atoms with Gasteiger partial charge in [0.25, 0.3) is 0 Å². The summed E-state index contributed by atoms with van der Waals surface area (Å²) >= 11 is 1.79. The third kappa shape index (κ3) is 3.74. The van der Waals surface area contributed by atoms with Gasteiger partial charge in [0.15, 0.2) is 0 Å². The Labute approximate surface area is 114 Å². The zero-order valence-electron chi connectivity index (χ0n) is 11.1. The molecular formula is C15H23NOS. The molecule has 0 bridgehead atoms. The summed E-state index contributed by atoms with van der Waals surface area (Å²) in [6.45, 7) is 2.51. The van der Waals surface area contributed by atoms with E-state index < -0.39 is 0 Å². The molecule has 1 aromatic rings. The van der Waals surface area contributed by atoms with E-state index in [0.717, 1.165) is 13.0 Å². The van der Waals surface area contributed by atoms with Gasteiger partial charge in [-0.15, -0.1) is 11.8 Å². The average molecular weight is 265 g/mol. The van der Waals surface area contributed by atoms with E-state index in [4.69, 9.17) is 5.11 Å². The molecule has 2 rings (SSSR count). The van der Waals surface area contributed by atoms with E-state index in [2.05, 4.69) is 35.4 Å². The Balaban J connectivity index is 1.96. The maximum absolute atomic E-state index is 9.14. The van der Waals surface area contributed by atoms with Crippen LogP contribution in [0.3, 0.4) is 0 Å². The fraction of sp³-hybridized carbons (Fsp3) is 0.600. The van der Waals surface area contributed by atoms with Crippen LogP contribution in [0.15, 0.2) is 29.2 Å². The highest BCUT2D eigenvalue weighted by molar-refractivity contribution is 7.98. The molecule has 1 saturated heterocycles. The third-order valence-corrected chi connectivity index (χ3v) is 4.50. The van der Waals surface area contributed by atoms with Crippen molar-refractivity contribution >= 4 is 11.8 Å². The molecule has 1 fully saturated rings. The summed E-state index contributed by atoms with van der Waals surface area (Å²) in [5, 5.41) is 9.14. The molecule has 1 aliphatic heterocycles. The number of hydrogen-bond donors (Lipinski definition) is 1. The lowest BCUT2D eigenvalue weighted by atomic mass is 9.99. The summed E-state index contributed by atoms with van der Waals surface area (Å²) in [5.74, 6) is 0. The number of rotatable bonds is 5. The highest BCUT2D eigenvalue weighted by Crippen LogP contribution is 2.22. The van der Waals surface area contributed by atoms with E-state index in [1.165, 1.54) is 36.3 Å². The largest absolute Gasteiger partial charge is 0.396 e. The SMILES string of the molecule is CSc1ccc(CN2CCCCC2CCO)cc1. The molecule has 18 heavy (non-hydrogen) atoms. The molecule has 1 unspecified atom stereocenters. The van der Waals surface area contributed by atoms with Crippen molar-refractivity contribution in [2.45, 2.75) is 43.2 Å². The van der Waals surface area contributed by atoms with Crippen LogP contribution in [-0.2, 0) is 6.54 Å². The Hall–Kier alpha value is -0.510. The van der Waals surface area contributed by atoms with Crippen LogP contribution < -0.4 is 0 Å². The number of nitrogens with zero attached hydrogens (tertiary/aromatic N) is 1. The summed E-state index contributed by atoms with van der Waals surface area (Å²) < 4.78 is 0. The number of hydrogen-bond acceptors (Lipinski definition) is 3. The second-order valence-corrected chi connectivity index (χ2v) is 5.86. The molecule has 1 atom stereocenters. The first-order chi connectivity index (χ1) is 8.83. The van der Waals surface area contributed by atoms with Gasteiger partial charge in [-0.25, -0.2) is 0 Å². The van der Waals surface area contributed by atoms with Crippen LogP contribution in [0.25, 0.3) is 0 Å². The van der Waals surface area contributed by atoms with E-state index in [1.54, 1.807) is 11.8 Å².